The van der Waals surface area contributed by atoms with Gasteiger partial charge < -0.3 is 14.6 Å². The molecule has 8 heteroatoms. The molecule has 1 aromatic rings. The smallest absolute Gasteiger partial charge is 0.217 e. The summed E-state index contributed by atoms with van der Waals surface area (Å²) in [5.41, 5.74) is 0. The lowest BCUT2D eigenvalue weighted by molar-refractivity contribution is 0.211. The number of aryl methyl sites for hydroxylation is 1. The Labute approximate surface area is 113 Å². The number of rotatable bonds is 5. The highest BCUT2D eigenvalue weighted by Gasteiger charge is 2.34. The molecule has 1 fully saturated rings. The number of hydrogen-bond donors (Lipinski definition) is 1. The van der Waals surface area contributed by atoms with E-state index in [4.69, 9.17) is 4.74 Å². The van der Waals surface area contributed by atoms with Crippen LogP contribution in [0.4, 0.5) is 0 Å². The van der Waals surface area contributed by atoms with Gasteiger partial charge in [-0.15, -0.1) is 0 Å². The molecule has 19 heavy (non-hydrogen) atoms. The second-order valence-corrected chi connectivity index (χ2v) is 6.58. The molecule has 2 rings (SSSR count). The second-order valence-electron chi connectivity index (χ2n) is 4.54. The van der Waals surface area contributed by atoms with Gasteiger partial charge in [0.2, 0.25) is 10.0 Å². The summed E-state index contributed by atoms with van der Waals surface area (Å²) in [6.45, 7) is 1.91. The number of nitrogens with zero attached hydrogens (tertiary/aromatic N) is 3. The van der Waals surface area contributed by atoms with Gasteiger partial charge >= 0.3 is 0 Å². The fraction of sp³-hybridized carbons (Fsp3) is 0.727. The minimum Gasteiger partial charge on any atom is -0.384 e. The summed E-state index contributed by atoms with van der Waals surface area (Å²) in [5, 5.41) is 3.22. The van der Waals surface area contributed by atoms with Crippen molar-refractivity contribution in [1.29, 1.82) is 0 Å². The van der Waals surface area contributed by atoms with Gasteiger partial charge in [0, 0.05) is 46.2 Å². The van der Waals surface area contributed by atoms with Gasteiger partial charge in [0.1, 0.15) is 5.82 Å². The summed E-state index contributed by atoms with van der Waals surface area (Å²) in [4.78, 5) is 4.27. The predicted molar refractivity (Wildman–Crippen MR) is 71.2 cm³/mol. The molecule has 1 aliphatic rings. The van der Waals surface area contributed by atoms with Gasteiger partial charge in [0.15, 0.2) is 0 Å². The quantitative estimate of drug-likeness (QED) is 0.778. The van der Waals surface area contributed by atoms with Crippen LogP contribution >= 0.6 is 0 Å². The molecule has 1 aliphatic heterocycles. The molecule has 0 amide bonds. The van der Waals surface area contributed by atoms with Gasteiger partial charge in [-0.1, -0.05) is 0 Å². The first-order chi connectivity index (χ1) is 9.06. The van der Waals surface area contributed by atoms with E-state index in [9.17, 15) is 8.42 Å². The van der Waals surface area contributed by atoms with E-state index in [0.29, 0.717) is 19.6 Å². The Morgan fingerprint density at radius 3 is 3.00 bits per heavy atom. The third-order valence-corrected chi connectivity index (χ3v) is 5.09. The largest absolute Gasteiger partial charge is 0.384 e. The van der Waals surface area contributed by atoms with E-state index in [1.165, 1.54) is 11.4 Å². The number of sulfonamides is 1. The maximum absolute atomic E-state index is 12.3. The zero-order valence-electron chi connectivity index (χ0n) is 11.2. The molecular formula is C11H20N4O3S. The van der Waals surface area contributed by atoms with E-state index in [0.717, 1.165) is 5.82 Å². The molecule has 108 valence electrons. The molecule has 0 saturated carbocycles. The number of imidazole rings is 1. The van der Waals surface area contributed by atoms with E-state index >= 15 is 0 Å². The van der Waals surface area contributed by atoms with Gasteiger partial charge in [0.05, 0.1) is 18.4 Å². The molecule has 0 spiro atoms. The molecule has 0 aliphatic carbocycles. The van der Waals surface area contributed by atoms with Crippen molar-refractivity contribution in [3.63, 3.8) is 0 Å². The molecule has 1 saturated heterocycles. The first-order valence-electron chi connectivity index (χ1n) is 6.22. The van der Waals surface area contributed by atoms with Crippen LogP contribution in [0.3, 0.4) is 0 Å². The third-order valence-electron chi connectivity index (χ3n) is 3.25. The van der Waals surface area contributed by atoms with Gasteiger partial charge in [-0.25, -0.2) is 13.4 Å². The van der Waals surface area contributed by atoms with Gasteiger partial charge in [-0.2, -0.15) is 4.31 Å². The fourth-order valence-electron chi connectivity index (χ4n) is 2.24. The second kappa shape index (κ2) is 6.00. The number of nitrogens with one attached hydrogen (secondary N) is 1. The third kappa shape index (κ3) is 3.14. The number of aromatic nitrogens is 2. The summed E-state index contributed by atoms with van der Waals surface area (Å²) in [7, 11) is 0.0529. The number of ether oxygens (including phenoxy) is 1. The summed E-state index contributed by atoms with van der Waals surface area (Å²) in [5.74, 6) is 0.762. The van der Waals surface area contributed by atoms with E-state index in [1.54, 1.807) is 6.20 Å². The molecular weight excluding hydrogens is 268 g/mol. The molecule has 0 radical (unpaired) electrons. The Morgan fingerprint density at radius 1 is 1.58 bits per heavy atom. The Morgan fingerprint density at radius 2 is 2.37 bits per heavy atom. The van der Waals surface area contributed by atoms with Crippen LogP contribution in [0.2, 0.25) is 0 Å². The van der Waals surface area contributed by atoms with Gasteiger partial charge in [-0.3, -0.25) is 0 Å². The van der Waals surface area contributed by atoms with E-state index in [2.05, 4.69) is 10.3 Å². The molecule has 2 heterocycles. The predicted octanol–water partition coefficient (Wildman–Crippen LogP) is -0.657. The van der Waals surface area contributed by atoms with Crippen LogP contribution in [0.1, 0.15) is 11.9 Å². The molecule has 0 aromatic carbocycles. The monoisotopic (exact) mass is 288 g/mol. The Hall–Kier alpha value is -0.960. The van der Waals surface area contributed by atoms with Crippen LogP contribution in [-0.4, -0.2) is 61.4 Å². The Balaban J connectivity index is 2.24. The number of hydrogen-bond acceptors (Lipinski definition) is 5. The summed E-state index contributed by atoms with van der Waals surface area (Å²) in [6.07, 6.45) is 3.51. The topological polar surface area (TPSA) is 76.5 Å². The molecule has 1 atom stereocenters. The van der Waals surface area contributed by atoms with Crippen molar-refractivity contribution < 1.29 is 13.2 Å². The lowest BCUT2D eigenvalue weighted by Crippen LogP contribution is -2.50. The molecule has 0 bridgehead atoms. The molecule has 1 unspecified atom stereocenters. The van der Waals surface area contributed by atoms with Crippen molar-refractivity contribution in [3.8, 4) is 0 Å². The van der Waals surface area contributed by atoms with E-state index < -0.39 is 10.0 Å². The van der Waals surface area contributed by atoms with Crippen molar-refractivity contribution in [2.24, 2.45) is 7.05 Å². The van der Waals surface area contributed by atoms with E-state index in [1.807, 2.05) is 17.8 Å². The number of methoxy groups -OCH3 is 1. The maximum atomic E-state index is 12.3. The highest BCUT2D eigenvalue weighted by Crippen LogP contribution is 2.23. The zero-order valence-corrected chi connectivity index (χ0v) is 12.1. The molecule has 1 aromatic heterocycles. The SMILES string of the molecule is COCCS(=O)(=O)N1CCNCC1c1nccn1C. The zero-order chi connectivity index (χ0) is 13.9. The maximum Gasteiger partial charge on any atom is 0.217 e. The van der Waals surface area contributed by atoms with Crippen LogP contribution in [0, 0.1) is 0 Å². The average Bonchev–Trinajstić information content (AvgIpc) is 2.83. The van der Waals surface area contributed by atoms with Crippen molar-refractivity contribution in [1.82, 2.24) is 19.2 Å². The first-order valence-corrected chi connectivity index (χ1v) is 7.83. The highest BCUT2D eigenvalue weighted by atomic mass is 32.2. The van der Waals surface area contributed by atoms with Crippen LogP contribution < -0.4 is 5.32 Å². The van der Waals surface area contributed by atoms with Crippen LogP contribution in [-0.2, 0) is 21.8 Å². The summed E-state index contributed by atoms with van der Waals surface area (Å²) in [6, 6.07) is -0.254. The van der Waals surface area contributed by atoms with Gasteiger partial charge in [-0.05, 0) is 0 Å². The van der Waals surface area contributed by atoms with Crippen LogP contribution in [0.25, 0.3) is 0 Å². The average molecular weight is 288 g/mol. The van der Waals surface area contributed by atoms with Crippen LogP contribution in [0.5, 0.6) is 0 Å². The van der Waals surface area contributed by atoms with Crippen molar-refractivity contribution in [2.75, 3.05) is 39.1 Å². The van der Waals surface area contributed by atoms with E-state index in [-0.39, 0.29) is 18.4 Å². The fourth-order valence-corrected chi connectivity index (χ4v) is 3.78. The minimum atomic E-state index is -3.32. The van der Waals surface area contributed by atoms with Crippen LogP contribution in [0.15, 0.2) is 12.4 Å². The Kier molecular flexibility index (Phi) is 4.56. The normalized spacial score (nSPS) is 21.7. The molecule has 7 nitrogen and oxygen atoms in total. The summed E-state index contributed by atoms with van der Waals surface area (Å²) >= 11 is 0. The molecule has 1 N–H and O–H groups in total. The Bertz CT molecular complexity index is 514. The van der Waals surface area contributed by atoms with Gasteiger partial charge in [0.25, 0.3) is 0 Å². The minimum absolute atomic E-state index is 0.00439. The first kappa shape index (κ1) is 14.4. The number of piperazine rings is 1. The van der Waals surface area contributed by atoms with Crippen molar-refractivity contribution in [2.45, 2.75) is 6.04 Å². The lowest BCUT2D eigenvalue weighted by Gasteiger charge is -2.34. The lowest BCUT2D eigenvalue weighted by atomic mass is 10.2. The van der Waals surface area contributed by atoms with Crippen molar-refractivity contribution in [3.05, 3.63) is 18.2 Å². The summed E-state index contributed by atoms with van der Waals surface area (Å²) < 4.78 is 33.0. The standard InChI is InChI=1S/C11H20N4O3S/c1-14-5-4-13-11(14)10-9-12-3-6-15(10)19(16,17)8-7-18-2/h4-5,10,12H,3,6-9H2,1-2H3. The van der Waals surface area contributed by atoms with Crippen molar-refractivity contribution >= 4 is 10.0 Å². The highest BCUT2D eigenvalue weighted by molar-refractivity contribution is 7.89.